The number of likely N-dealkylation sites (tertiary alicyclic amines) is 1. The van der Waals surface area contributed by atoms with Crippen molar-refractivity contribution in [1.82, 2.24) is 4.90 Å². The Hall–Kier alpha value is -3.58. The minimum Gasteiger partial charge on any atom is -0.367 e. The van der Waals surface area contributed by atoms with Gasteiger partial charge in [-0.05, 0) is 108 Å². The quantitative estimate of drug-likeness (QED) is 0.358. The Morgan fingerprint density at radius 3 is 1.74 bits per heavy atom. The Morgan fingerprint density at radius 1 is 0.743 bits per heavy atom. The molecule has 4 rings (SSSR count). The predicted octanol–water partition coefficient (Wildman–Crippen LogP) is 8.41. The average molecular weight is 460 g/mol. The first-order valence-corrected chi connectivity index (χ1v) is 12.5. The number of aryl methyl sites for hydroxylation is 5. The van der Waals surface area contributed by atoms with E-state index in [2.05, 4.69) is 125 Å². The summed E-state index contributed by atoms with van der Waals surface area (Å²) in [6.07, 6.45) is 6.56. The van der Waals surface area contributed by atoms with Crippen molar-refractivity contribution in [3.63, 3.8) is 0 Å². The molecule has 0 amide bonds. The highest BCUT2D eigenvalue weighted by Crippen LogP contribution is 2.32. The molecule has 1 saturated heterocycles. The summed E-state index contributed by atoms with van der Waals surface area (Å²) >= 11 is 0. The van der Waals surface area contributed by atoms with Crippen LogP contribution < -0.4 is 0 Å². The third-order valence-electron chi connectivity index (χ3n) is 7.23. The van der Waals surface area contributed by atoms with Gasteiger partial charge in [-0.2, -0.15) is 0 Å². The van der Waals surface area contributed by atoms with Crippen LogP contribution in [0.1, 0.15) is 45.4 Å². The van der Waals surface area contributed by atoms with E-state index in [4.69, 9.17) is 0 Å². The molecule has 0 aromatic heterocycles. The maximum atomic E-state index is 4.54. The summed E-state index contributed by atoms with van der Waals surface area (Å²) in [5.41, 5.74) is 13.9. The first-order chi connectivity index (χ1) is 16.8. The largest absolute Gasteiger partial charge is 0.367 e. The van der Waals surface area contributed by atoms with Gasteiger partial charge in [0.05, 0.1) is 0 Å². The van der Waals surface area contributed by atoms with E-state index in [1.807, 2.05) is 0 Å². The summed E-state index contributed by atoms with van der Waals surface area (Å²) < 4.78 is 0. The fraction of sp³-hybridized carbons (Fsp3) is 0.235. The number of allylic oxidation sites excluding steroid dienone is 1. The smallest absolute Gasteiger partial charge is 0.0436 e. The SMILES string of the molecule is C=C1/C(=C/c2ccc(C)c(C)c2)CN(C(=C)CCc2ccccc2)C/C1=C\c1ccc(C)c(C)c1. The van der Waals surface area contributed by atoms with E-state index >= 15 is 0 Å². The number of hydrogen-bond donors (Lipinski definition) is 0. The average Bonchev–Trinajstić information content (AvgIpc) is 2.85. The molecular weight excluding hydrogens is 422 g/mol. The third-order valence-corrected chi connectivity index (χ3v) is 7.23. The van der Waals surface area contributed by atoms with Crippen molar-refractivity contribution in [2.75, 3.05) is 13.1 Å². The number of rotatable bonds is 6. The Balaban J connectivity index is 1.64. The molecular formula is C34H37N. The fourth-order valence-corrected chi connectivity index (χ4v) is 4.56. The van der Waals surface area contributed by atoms with Crippen LogP contribution in [0.4, 0.5) is 0 Å². The van der Waals surface area contributed by atoms with Crippen molar-refractivity contribution in [1.29, 1.82) is 0 Å². The highest BCUT2D eigenvalue weighted by molar-refractivity contribution is 5.70. The van der Waals surface area contributed by atoms with Crippen LogP contribution in [0.3, 0.4) is 0 Å². The molecule has 1 heteroatoms. The molecule has 0 spiro atoms. The van der Waals surface area contributed by atoms with Gasteiger partial charge in [0.15, 0.2) is 0 Å². The molecule has 1 fully saturated rings. The summed E-state index contributed by atoms with van der Waals surface area (Å²) in [4.78, 5) is 2.43. The second kappa shape index (κ2) is 10.8. The van der Waals surface area contributed by atoms with Crippen LogP contribution in [0.15, 0.2) is 102 Å². The maximum Gasteiger partial charge on any atom is 0.0436 e. The van der Waals surface area contributed by atoms with Crippen LogP contribution in [-0.4, -0.2) is 18.0 Å². The molecule has 1 aliphatic heterocycles. The molecule has 0 radical (unpaired) electrons. The fourth-order valence-electron chi connectivity index (χ4n) is 4.56. The van der Waals surface area contributed by atoms with Gasteiger partial charge in [-0.1, -0.05) is 79.9 Å². The van der Waals surface area contributed by atoms with E-state index in [-0.39, 0.29) is 0 Å². The van der Waals surface area contributed by atoms with E-state index in [1.165, 1.54) is 55.8 Å². The van der Waals surface area contributed by atoms with Gasteiger partial charge in [0.25, 0.3) is 0 Å². The minimum atomic E-state index is 0.837. The Kier molecular flexibility index (Phi) is 7.56. The number of nitrogens with zero attached hydrogens (tertiary/aromatic N) is 1. The normalized spacial score (nSPS) is 16.2. The van der Waals surface area contributed by atoms with Gasteiger partial charge in [-0.25, -0.2) is 0 Å². The van der Waals surface area contributed by atoms with Gasteiger partial charge in [0, 0.05) is 18.8 Å². The van der Waals surface area contributed by atoms with Crippen molar-refractivity contribution >= 4 is 12.2 Å². The molecule has 178 valence electrons. The summed E-state index contributed by atoms with van der Waals surface area (Å²) in [7, 11) is 0. The number of benzene rings is 3. The lowest BCUT2D eigenvalue weighted by Crippen LogP contribution is -2.33. The summed E-state index contributed by atoms with van der Waals surface area (Å²) in [6.45, 7) is 19.4. The van der Waals surface area contributed by atoms with Gasteiger partial charge in [0.1, 0.15) is 0 Å². The Labute approximate surface area is 211 Å². The monoisotopic (exact) mass is 459 g/mol. The van der Waals surface area contributed by atoms with Crippen LogP contribution in [0.2, 0.25) is 0 Å². The van der Waals surface area contributed by atoms with E-state index < -0.39 is 0 Å². The van der Waals surface area contributed by atoms with E-state index in [9.17, 15) is 0 Å². The van der Waals surface area contributed by atoms with Gasteiger partial charge in [0.2, 0.25) is 0 Å². The minimum absolute atomic E-state index is 0.837. The van der Waals surface area contributed by atoms with Gasteiger partial charge < -0.3 is 4.90 Å². The molecule has 35 heavy (non-hydrogen) atoms. The van der Waals surface area contributed by atoms with E-state index in [0.717, 1.165) is 31.5 Å². The van der Waals surface area contributed by atoms with Crippen LogP contribution in [0.25, 0.3) is 12.2 Å². The van der Waals surface area contributed by atoms with Crippen molar-refractivity contribution in [2.24, 2.45) is 0 Å². The Bertz CT molecular complexity index is 1230. The molecule has 0 saturated carbocycles. The zero-order valence-electron chi connectivity index (χ0n) is 21.7. The standard InChI is InChI=1S/C34H37N/c1-24-12-15-31(18-26(24)3)20-33-22-35(28(5)14-17-30-10-8-7-9-11-30)23-34(29(33)6)21-32-16-13-25(2)27(4)19-32/h7-13,15-16,18-21H,5-6,14,17,22-23H2,1-4H3/b33-20+,34-21+. The van der Waals surface area contributed by atoms with E-state index in [1.54, 1.807) is 0 Å². The predicted molar refractivity (Wildman–Crippen MR) is 152 cm³/mol. The number of piperidine rings is 1. The van der Waals surface area contributed by atoms with Crippen LogP contribution in [-0.2, 0) is 6.42 Å². The Morgan fingerprint density at radius 2 is 1.26 bits per heavy atom. The lowest BCUT2D eigenvalue weighted by atomic mass is 9.90. The molecule has 0 atom stereocenters. The molecule has 0 unspecified atom stereocenters. The molecule has 1 aliphatic rings. The van der Waals surface area contributed by atoms with Crippen molar-refractivity contribution in [3.05, 3.63) is 141 Å². The lowest BCUT2D eigenvalue weighted by Gasteiger charge is -2.35. The lowest BCUT2D eigenvalue weighted by molar-refractivity contribution is 0.381. The summed E-state index contributed by atoms with van der Waals surface area (Å²) in [6, 6.07) is 24.0. The molecule has 0 aliphatic carbocycles. The van der Waals surface area contributed by atoms with Gasteiger partial charge >= 0.3 is 0 Å². The second-order valence-electron chi connectivity index (χ2n) is 9.91. The zero-order valence-corrected chi connectivity index (χ0v) is 21.7. The van der Waals surface area contributed by atoms with Crippen LogP contribution in [0.5, 0.6) is 0 Å². The van der Waals surface area contributed by atoms with E-state index in [0.29, 0.717) is 0 Å². The molecule has 1 nitrogen and oxygen atoms in total. The first kappa shape index (κ1) is 24.5. The number of hydrogen-bond acceptors (Lipinski definition) is 1. The zero-order chi connectivity index (χ0) is 24.9. The topological polar surface area (TPSA) is 3.24 Å². The molecule has 1 heterocycles. The van der Waals surface area contributed by atoms with Crippen molar-refractivity contribution in [2.45, 2.75) is 40.5 Å². The maximum absolute atomic E-state index is 4.54. The van der Waals surface area contributed by atoms with Gasteiger partial charge in [-0.3, -0.25) is 0 Å². The highest BCUT2D eigenvalue weighted by Gasteiger charge is 2.23. The van der Waals surface area contributed by atoms with Crippen LogP contribution in [0, 0.1) is 27.7 Å². The third kappa shape index (κ3) is 6.11. The molecule has 3 aromatic carbocycles. The summed E-state index contributed by atoms with van der Waals surface area (Å²) in [5, 5.41) is 0. The van der Waals surface area contributed by atoms with Crippen molar-refractivity contribution in [3.8, 4) is 0 Å². The first-order valence-electron chi connectivity index (χ1n) is 12.5. The summed E-state index contributed by atoms with van der Waals surface area (Å²) in [5.74, 6) is 0. The highest BCUT2D eigenvalue weighted by atomic mass is 15.1. The molecule has 0 N–H and O–H groups in total. The molecule has 0 bridgehead atoms. The van der Waals surface area contributed by atoms with Crippen LogP contribution >= 0.6 is 0 Å². The van der Waals surface area contributed by atoms with Crippen molar-refractivity contribution < 1.29 is 0 Å². The molecule has 3 aromatic rings. The van der Waals surface area contributed by atoms with Gasteiger partial charge in [-0.15, -0.1) is 0 Å². The second-order valence-corrected chi connectivity index (χ2v) is 9.91.